The molecule has 0 fully saturated rings. The summed E-state index contributed by atoms with van der Waals surface area (Å²) in [4.78, 5) is 40.1. The highest BCUT2D eigenvalue weighted by Crippen LogP contribution is 2.39. The number of carbonyl (C=O) groups is 3. The van der Waals surface area contributed by atoms with Crippen LogP contribution in [0, 0.1) is 0 Å². The molecular formula is C25H30N2O8S. The smallest absolute Gasteiger partial charge is 0.410 e. The van der Waals surface area contributed by atoms with Crippen molar-refractivity contribution < 1.29 is 38.1 Å². The molecule has 1 aliphatic heterocycles. The molecule has 0 saturated carbocycles. The number of thiophene rings is 1. The molecule has 10 nitrogen and oxygen atoms in total. The van der Waals surface area contributed by atoms with Gasteiger partial charge >= 0.3 is 12.1 Å². The number of fused-ring (bicyclic) bond motifs is 1. The Morgan fingerprint density at radius 2 is 1.69 bits per heavy atom. The zero-order chi connectivity index (χ0) is 26.2. The average molecular weight is 519 g/mol. The van der Waals surface area contributed by atoms with E-state index in [1.807, 2.05) is 0 Å². The van der Waals surface area contributed by atoms with Crippen LogP contribution in [0.5, 0.6) is 17.2 Å². The van der Waals surface area contributed by atoms with E-state index >= 15 is 0 Å². The lowest BCUT2D eigenvalue weighted by atomic mass is 10.0. The van der Waals surface area contributed by atoms with Crippen molar-refractivity contribution in [2.75, 3.05) is 46.4 Å². The summed E-state index contributed by atoms with van der Waals surface area (Å²) in [5.41, 5.74) is 1.76. The molecule has 0 bridgehead atoms. The number of rotatable bonds is 9. The van der Waals surface area contributed by atoms with Crippen molar-refractivity contribution in [2.45, 2.75) is 26.8 Å². The predicted octanol–water partition coefficient (Wildman–Crippen LogP) is 4.12. The standard InChI is InChI=1S/C25H30N2O8S/c1-6-34-24(29)21-16-10-11-27(25(30)35-7-2)14-19(16)36-23(21)26-20(28)9-8-15-12-17(31-3)22(33-5)18(13-15)32-4/h8-9,12-13H,6-7,10-11,14H2,1-5H3,(H,26,28)/b9-8+. The molecule has 1 aliphatic rings. The van der Waals surface area contributed by atoms with Crippen molar-refractivity contribution in [1.29, 1.82) is 0 Å². The van der Waals surface area contributed by atoms with Gasteiger partial charge in [-0.3, -0.25) is 4.79 Å². The summed E-state index contributed by atoms with van der Waals surface area (Å²) in [6.45, 7) is 4.65. The Balaban J connectivity index is 1.85. The van der Waals surface area contributed by atoms with Crippen LogP contribution in [0.2, 0.25) is 0 Å². The lowest BCUT2D eigenvalue weighted by Gasteiger charge is -2.26. The average Bonchev–Trinajstić information content (AvgIpc) is 3.23. The van der Waals surface area contributed by atoms with Gasteiger partial charge in [-0.25, -0.2) is 9.59 Å². The molecule has 0 saturated heterocycles. The minimum atomic E-state index is -0.511. The fourth-order valence-electron chi connectivity index (χ4n) is 3.80. The second-order valence-corrected chi connectivity index (χ2v) is 8.69. The summed E-state index contributed by atoms with van der Waals surface area (Å²) < 4.78 is 26.4. The first kappa shape index (κ1) is 26.9. The Bertz CT molecular complexity index is 1130. The Morgan fingerprint density at radius 3 is 2.28 bits per heavy atom. The van der Waals surface area contributed by atoms with Gasteiger partial charge in [-0.2, -0.15) is 0 Å². The van der Waals surface area contributed by atoms with Gasteiger partial charge in [0.25, 0.3) is 0 Å². The number of nitrogens with zero attached hydrogens (tertiary/aromatic N) is 1. The molecule has 0 atom stereocenters. The quantitative estimate of drug-likeness (QED) is 0.390. The van der Waals surface area contributed by atoms with E-state index in [4.69, 9.17) is 23.7 Å². The number of hydrogen-bond acceptors (Lipinski definition) is 9. The first-order valence-corrected chi connectivity index (χ1v) is 12.2. The molecule has 194 valence electrons. The van der Waals surface area contributed by atoms with Crippen molar-refractivity contribution in [3.8, 4) is 17.2 Å². The van der Waals surface area contributed by atoms with Gasteiger partial charge in [0.15, 0.2) is 11.5 Å². The van der Waals surface area contributed by atoms with Gasteiger partial charge in [-0.1, -0.05) is 0 Å². The van der Waals surface area contributed by atoms with E-state index in [0.717, 1.165) is 10.4 Å². The van der Waals surface area contributed by atoms with Gasteiger partial charge < -0.3 is 33.9 Å². The van der Waals surface area contributed by atoms with E-state index in [1.165, 1.54) is 38.7 Å². The Hall–Kier alpha value is -3.73. The highest BCUT2D eigenvalue weighted by atomic mass is 32.1. The third-order valence-corrected chi connectivity index (χ3v) is 6.55. The number of anilines is 1. The van der Waals surface area contributed by atoms with Crippen LogP contribution in [-0.4, -0.2) is 64.0 Å². The monoisotopic (exact) mass is 518 g/mol. The van der Waals surface area contributed by atoms with Gasteiger partial charge in [0.2, 0.25) is 11.7 Å². The molecular weight excluding hydrogens is 488 g/mol. The molecule has 0 radical (unpaired) electrons. The fraction of sp³-hybridized carbons (Fsp3) is 0.400. The molecule has 0 unspecified atom stereocenters. The number of amides is 2. The topological polar surface area (TPSA) is 113 Å². The van der Waals surface area contributed by atoms with Crippen molar-refractivity contribution in [3.63, 3.8) is 0 Å². The Kier molecular flexibility index (Phi) is 9.18. The van der Waals surface area contributed by atoms with Crippen LogP contribution in [0.3, 0.4) is 0 Å². The van der Waals surface area contributed by atoms with E-state index in [0.29, 0.717) is 52.9 Å². The highest BCUT2D eigenvalue weighted by molar-refractivity contribution is 7.17. The van der Waals surface area contributed by atoms with Gasteiger partial charge in [0.05, 0.1) is 46.7 Å². The summed E-state index contributed by atoms with van der Waals surface area (Å²) in [5, 5.41) is 3.17. The van der Waals surface area contributed by atoms with E-state index in [1.54, 1.807) is 37.0 Å². The molecule has 1 aromatic carbocycles. The predicted molar refractivity (Wildman–Crippen MR) is 135 cm³/mol. The van der Waals surface area contributed by atoms with Crippen LogP contribution in [0.25, 0.3) is 6.08 Å². The third-order valence-electron chi connectivity index (χ3n) is 5.41. The molecule has 11 heteroatoms. The number of hydrogen-bond donors (Lipinski definition) is 1. The second kappa shape index (κ2) is 12.3. The molecule has 2 heterocycles. The summed E-state index contributed by atoms with van der Waals surface area (Å²) in [7, 11) is 4.53. The fourth-order valence-corrected chi connectivity index (χ4v) is 5.06. The van der Waals surface area contributed by atoms with Gasteiger partial charge in [0.1, 0.15) is 5.00 Å². The number of ether oxygens (including phenoxy) is 5. The lowest BCUT2D eigenvalue weighted by Crippen LogP contribution is -2.36. The van der Waals surface area contributed by atoms with Crippen LogP contribution in [-0.2, 0) is 27.2 Å². The number of nitrogens with one attached hydrogen (secondary N) is 1. The zero-order valence-electron chi connectivity index (χ0n) is 21.0. The highest BCUT2D eigenvalue weighted by Gasteiger charge is 2.31. The number of methoxy groups -OCH3 is 3. The molecule has 1 aromatic heterocycles. The summed E-state index contributed by atoms with van der Waals surface area (Å²) in [6.07, 6.45) is 2.99. The molecule has 0 spiro atoms. The number of carbonyl (C=O) groups excluding carboxylic acids is 3. The van der Waals surface area contributed by atoms with Crippen molar-refractivity contribution in [1.82, 2.24) is 4.90 Å². The minimum Gasteiger partial charge on any atom is -0.493 e. The molecule has 36 heavy (non-hydrogen) atoms. The molecule has 3 rings (SSSR count). The van der Waals surface area contributed by atoms with Crippen LogP contribution in [0.4, 0.5) is 9.80 Å². The largest absolute Gasteiger partial charge is 0.493 e. The van der Waals surface area contributed by atoms with Crippen molar-refractivity contribution in [3.05, 3.63) is 39.8 Å². The maximum Gasteiger partial charge on any atom is 0.410 e. The SMILES string of the molecule is CCOC(=O)c1c(NC(=O)/C=C/c2cc(OC)c(OC)c(OC)c2)sc2c1CCN(C(=O)OCC)C2. The van der Waals surface area contributed by atoms with Crippen molar-refractivity contribution in [2.24, 2.45) is 0 Å². The van der Waals surface area contributed by atoms with E-state index in [2.05, 4.69) is 5.32 Å². The van der Waals surface area contributed by atoms with E-state index < -0.39 is 18.0 Å². The summed E-state index contributed by atoms with van der Waals surface area (Å²) in [6, 6.07) is 3.42. The lowest BCUT2D eigenvalue weighted by molar-refractivity contribution is -0.111. The van der Waals surface area contributed by atoms with Crippen LogP contribution >= 0.6 is 11.3 Å². The van der Waals surface area contributed by atoms with Crippen LogP contribution in [0.15, 0.2) is 18.2 Å². The zero-order valence-corrected chi connectivity index (χ0v) is 21.8. The van der Waals surface area contributed by atoms with E-state index in [9.17, 15) is 14.4 Å². The van der Waals surface area contributed by atoms with Crippen LogP contribution < -0.4 is 19.5 Å². The molecule has 2 aromatic rings. The number of esters is 1. The summed E-state index contributed by atoms with van der Waals surface area (Å²) >= 11 is 1.25. The van der Waals surface area contributed by atoms with E-state index in [-0.39, 0.29) is 13.2 Å². The molecule has 1 N–H and O–H groups in total. The normalized spacial score (nSPS) is 12.6. The Morgan fingerprint density at radius 1 is 1.03 bits per heavy atom. The van der Waals surface area contributed by atoms with Gasteiger partial charge in [-0.15, -0.1) is 11.3 Å². The van der Waals surface area contributed by atoms with Crippen LogP contribution in [0.1, 0.15) is 40.2 Å². The maximum absolute atomic E-state index is 12.8. The van der Waals surface area contributed by atoms with Gasteiger partial charge in [-0.05, 0) is 49.6 Å². The summed E-state index contributed by atoms with van der Waals surface area (Å²) in [5.74, 6) is 0.414. The first-order valence-electron chi connectivity index (χ1n) is 11.4. The minimum absolute atomic E-state index is 0.201. The van der Waals surface area contributed by atoms with Gasteiger partial charge in [0, 0.05) is 17.5 Å². The maximum atomic E-state index is 12.8. The molecule has 2 amide bonds. The molecule has 0 aliphatic carbocycles. The third kappa shape index (κ3) is 5.91. The second-order valence-electron chi connectivity index (χ2n) is 7.58. The Labute approximate surface area is 213 Å². The number of benzene rings is 1. The first-order chi connectivity index (χ1) is 17.4. The van der Waals surface area contributed by atoms with Crippen molar-refractivity contribution >= 4 is 40.4 Å².